The van der Waals surface area contributed by atoms with E-state index in [4.69, 9.17) is 21.4 Å². The van der Waals surface area contributed by atoms with E-state index in [9.17, 15) is 4.79 Å². The minimum atomic E-state index is -0.864. The second-order valence-corrected chi connectivity index (χ2v) is 4.13. The Morgan fingerprint density at radius 1 is 1.59 bits per heavy atom. The summed E-state index contributed by atoms with van der Waals surface area (Å²) in [4.78, 5) is 12.8. The van der Waals surface area contributed by atoms with Crippen LogP contribution in [0.1, 0.15) is 13.3 Å². The van der Waals surface area contributed by atoms with E-state index < -0.39 is 12.0 Å². The molecule has 5 heteroatoms. The summed E-state index contributed by atoms with van der Waals surface area (Å²) in [5.41, 5.74) is 0.675. The second kappa shape index (κ2) is 5.77. The number of carboxylic acid groups (broad SMARTS) is 1. The SMILES string of the molecule is CC[C@H](C(=O)O)N(C)c1cc(Cl)ccc1OC. The molecule has 0 fully saturated rings. The third-order valence-corrected chi connectivity index (χ3v) is 2.90. The largest absolute Gasteiger partial charge is 0.495 e. The summed E-state index contributed by atoms with van der Waals surface area (Å²) < 4.78 is 5.20. The van der Waals surface area contributed by atoms with E-state index in [0.717, 1.165) is 0 Å². The van der Waals surface area contributed by atoms with Gasteiger partial charge in [0.15, 0.2) is 0 Å². The van der Waals surface area contributed by atoms with Gasteiger partial charge in [0.05, 0.1) is 12.8 Å². The van der Waals surface area contributed by atoms with Crippen LogP contribution in [0.4, 0.5) is 5.69 Å². The van der Waals surface area contributed by atoms with Crippen molar-refractivity contribution < 1.29 is 14.6 Å². The van der Waals surface area contributed by atoms with Crippen molar-refractivity contribution >= 4 is 23.3 Å². The predicted octanol–water partition coefficient (Wildman–Crippen LogP) is 2.65. The first-order valence-electron chi connectivity index (χ1n) is 5.30. The molecule has 1 aromatic carbocycles. The Morgan fingerprint density at radius 3 is 2.71 bits per heavy atom. The molecule has 17 heavy (non-hydrogen) atoms. The highest BCUT2D eigenvalue weighted by Crippen LogP contribution is 2.32. The zero-order chi connectivity index (χ0) is 13.0. The number of nitrogens with zero attached hydrogens (tertiary/aromatic N) is 1. The van der Waals surface area contributed by atoms with Crippen molar-refractivity contribution in [1.29, 1.82) is 0 Å². The standard InChI is InChI=1S/C12H16ClNO3/c1-4-9(12(15)16)14(2)10-7-8(13)5-6-11(10)17-3/h5-7,9H,4H2,1-3H3,(H,15,16)/t9-/m1/s1. The quantitative estimate of drug-likeness (QED) is 0.881. The van der Waals surface area contributed by atoms with Gasteiger partial charge in [-0.3, -0.25) is 0 Å². The monoisotopic (exact) mass is 257 g/mol. The van der Waals surface area contributed by atoms with Crippen LogP contribution in [0.15, 0.2) is 18.2 Å². The summed E-state index contributed by atoms with van der Waals surface area (Å²) >= 11 is 5.92. The van der Waals surface area contributed by atoms with Crippen molar-refractivity contribution in [3.05, 3.63) is 23.2 Å². The normalized spacial score (nSPS) is 12.0. The molecule has 0 heterocycles. The van der Waals surface area contributed by atoms with Crippen LogP contribution in [0.5, 0.6) is 5.75 Å². The van der Waals surface area contributed by atoms with E-state index in [1.807, 2.05) is 6.92 Å². The molecule has 1 atom stereocenters. The highest BCUT2D eigenvalue weighted by Gasteiger charge is 2.23. The van der Waals surface area contributed by atoms with Gasteiger partial charge in [-0.15, -0.1) is 0 Å². The Hall–Kier alpha value is -1.42. The lowest BCUT2D eigenvalue weighted by Gasteiger charge is -2.27. The average molecular weight is 258 g/mol. The maximum atomic E-state index is 11.1. The van der Waals surface area contributed by atoms with Crippen molar-refractivity contribution in [2.45, 2.75) is 19.4 Å². The van der Waals surface area contributed by atoms with E-state index in [0.29, 0.717) is 22.9 Å². The number of carboxylic acids is 1. The van der Waals surface area contributed by atoms with Crippen LogP contribution in [-0.2, 0) is 4.79 Å². The lowest BCUT2D eigenvalue weighted by Crippen LogP contribution is -2.38. The van der Waals surface area contributed by atoms with Crippen LogP contribution < -0.4 is 9.64 Å². The predicted molar refractivity (Wildman–Crippen MR) is 68.1 cm³/mol. The Balaban J connectivity index is 3.13. The van der Waals surface area contributed by atoms with Crippen LogP contribution >= 0.6 is 11.6 Å². The number of benzene rings is 1. The number of carbonyl (C=O) groups is 1. The summed E-state index contributed by atoms with van der Waals surface area (Å²) in [7, 11) is 3.26. The fourth-order valence-electron chi connectivity index (χ4n) is 1.72. The van der Waals surface area contributed by atoms with E-state index in [-0.39, 0.29) is 0 Å². The van der Waals surface area contributed by atoms with Crippen LogP contribution in [-0.4, -0.2) is 31.3 Å². The molecule has 4 nitrogen and oxygen atoms in total. The summed E-state index contributed by atoms with van der Waals surface area (Å²) in [6.45, 7) is 1.83. The van der Waals surface area contributed by atoms with Gasteiger partial charge in [-0.05, 0) is 24.6 Å². The highest BCUT2D eigenvalue weighted by atomic mass is 35.5. The van der Waals surface area contributed by atoms with Crippen molar-refractivity contribution in [1.82, 2.24) is 0 Å². The number of likely N-dealkylation sites (N-methyl/N-ethyl adjacent to an activating group) is 1. The number of anilines is 1. The van der Waals surface area contributed by atoms with Gasteiger partial charge in [-0.25, -0.2) is 4.79 Å². The van der Waals surface area contributed by atoms with Crippen LogP contribution in [0.3, 0.4) is 0 Å². The molecule has 0 aliphatic heterocycles. The van der Waals surface area contributed by atoms with Gasteiger partial charge in [0.1, 0.15) is 11.8 Å². The highest BCUT2D eigenvalue weighted by molar-refractivity contribution is 6.31. The molecule has 0 spiro atoms. The smallest absolute Gasteiger partial charge is 0.326 e. The maximum absolute atomic E-state index is 11.1. The molecule has 0 aliphatic carbocycles. The van der Waals surface area contributed by atoms with E-state index in [1.165, 1.54) is 0 Å². The van der Waals surface area contributed by atoms with Crippen molar-refractivity contribution in [2.75, 3.05) is 19.1 Å². The number of halogens is 1. The van der Waals surface area contributed by atoms with Gasteiger partial charge in [-0.2, -0.15) is 0 Å². The van der Waals surface area contributed by atoms with E-state index >= 15 is 0 Å². The molecule has 1 aromatic rings. The average Bonchev–Trinajstić information content (AvgIpc) is 2.29. The number of rotatable bonds is 5. The number of methoxy groups -OCH3 is 1. The summed E-state index contributed by atoms with van der Waals surface area (Å²) in [5, 5.41) is 9.67. The fourth-order valence-corrected chi connectivity index (χ4v) is 1.89. The lowest BCUT2D eigenvalue weighted by molar-refractivity contribution is -0.138. The molecular formula is C12H16ClNO3. The van der Waals surface area contributed by atoms with Gasteiger partial charge >= 0.3 is 5.97 Å². The molecule has 0 aromatic heterocycles. The molecule has 94 valence electrons. The third-order valence-electron chi connectivity index (χ3n) is 2.66. The zero-order valence-corrected chi connectivity index (χ0v) is 10.9. The summed E-state index contributed by atoms with van der Waals surface area (Å²) in [6, 6.07) is 4.54. The second-order valence-electron chi connectivity index (χ2n) is 3.69. The van der Waals surface area contributed by atoms with Crippen LogP contribution in [0, 0.1) is 0 Å². The topological polar surface area (TPSA) is 49.8 Å². The van der Waals surface area contributed by atoms with Gasteiger partial charge in [0, 0.05) is 12.1 Å². The van der Waals surface area contributed by atoms with Crippen molar-refractivity contribution in [3.8, 4) is 5.75 Å². The van der Waals surface area contributed by atoms with Gasteiger partial charge in [0.2, 0.25) is 0 Å². The molecule has 1 rings (SSSR count). The number of aliphatic carboxylic acids is 1. The summed E-state index contributed by atoms with van der Waals surface area (Å²) in [5.74, 6) is -0.256. The molecule has 0 radical (unpaired) electrons. The Labute approximate surface area is 106 Å². The zero-order valence-electron chi connectivity index (χ0n) is 10.1. The molecule has 0 saturated heterocycles. The van der Waals surface area contributed by atoms with Gasteiger partial charge in [-0.1, -0.05) is 18.5 Å². The molecule has 1 N–H and O–H groups in total. The van der Waals surface area contributed by atoms with E-state index in [2.05, 4.69) is 0 Å². The lowest BCUT2D eigenvalue weighted by atomic mass is 10.1. The van der Waals surface area contributed by atoms with Gasteiger partial charge < -0.3 is 14.7 Å². The fraction of sp³-hybridized carbons (Fsp3) is 0.417. The first-order valence-corrected chi connectivity index (χ1v) is 5.68. The number of ether oxygens (including phenoxy) is 1. The van der Waals surface area contributed by atoms with Crippen molar-refractivity contribution in [3.63, 3.8) is 0 Å². The molecule has 0 aliphatic rings. The molecule has 0 bridgehead atoms. The van der Waals surface area contributed by atoms with E-state index in [1.54, 1.807) is 37.3 Å². The molecular weight excluding hydrogens is 242 g/mol. The third kappa shape index (κ3) is 3.03. The maximum Gasteiger partial charge on any atom is 0.326 e. The summed E-state index contributed by atoms with van der Waals surface area (Å²) in [6.07, 6.45) is 0.501. The number of hydrogen-bond acceptors (Lipinski definition) is 3. The van der Waals surface area contributed by atoms with Crippen LogP contribution in [0.2, 0.25) is 5.02 Å². The van der Waals surface area contributed by atoms with Crippen LogP contribution in [0.25, 0.3) is 0 Å². The minimum Gasteiger partial charge on any atom is -0.495 e. The molecule has 0 amide bonds. The minimum absolute atomic E-state index is 0.501. The van der Waals surface area contributed by atoms with Crippen molar-refractivity contribution in [2.24, 2.45) is 0 Å². The first-order chi connectivity index (χ1) is 8.01. The van der Waals surface area contributed by atoms with Gasteiger partial charge in [0.25, 0.3) is 0 Å². The molecule has 0 saturated carbocycles. The Morgan fingerprint density at radius 2 is 2.24 bits per heavy atom. The Kier molecular flexibility index (Phi) is 4.63. The first kappa shape index (κ1) is 13.6. The number of hydrogen-bond donors (Lipinski definition) is 1. The molecule has 0 unspecified atom stereocenters. The Bertz CT molecular complexity index is 409.